The third-order valence-corrected chi connectivity index (χ3v) is 4.68. The molecular formula is C23H24N4O4. The van der Waals surface area contributed by atoms with Gasteiger partial charge in [-0.05, 0) is 38.1 Å². The summed E-state index contributed by atoms with van der Waals surface area (Å²) in [6.07, 6.45) is 1.56. The third kappa shape index (κ3) is 5.16. The number of rotatable bonds is 7. The number of amides is 2. The first-order chi connectivity index (χ1) is 14.9. The molecule has 3 aromatic rings. The predicted molar refractivity (Wildman–Crippen MR) is 119 cm³/mol. The molecular weight excluding hydrogens is 396 g/mol. The quantitative estimate of drug-likeness (QED) is 0.348. The van der Waals surface area contributed by atoms with Crippen molar-refractivity contribution in [3.8, 4) is 0 Å². The molecule has 0 aliphatic heterocycles. The molecule has 0 saturated heterocycles. The van der Waals surface area contributed by atoms with Crippen molar-refractivity contribution in [2.45, 2.75) is 27.3 Å². The number of aromatic nitrogens is 1. The molecule has 8 nitrogen and oxygen atoms in total. The molecule has 0 radical (unpaired) electrons. The number of benzene rings is 2. The molecule has 0 unspecified atom stereocenters. The third-order valence-electron chi connectivity index (χ3n) is 4.68. The van der Waals surface area contributed by atoms with Gasteiger partial charge in [0.25, 0.3) is 5.91 Å². The van der Waals surface area contributed by atoms with Crippen molar-refractivity contribution in [2.75, 3.05) is 11.9 Å². The maximum atomic E-state index is 12.4. The van der Waals surface area contributed by atoms with Crippen LogP contribution in [-0.4, -0.2) is 35.2 Å². The molecule has 3 rings (SSSR count). The molecule has 0 atom stereocenters. The molecule has 2 aromatic carbocycles. The zero-order chi connectivity index (χ0) is 22.4. The van der Waals surface area contributed by atoms with Gasteiger partial charge >= 0.3 is 5.97 Å². The number of ether oxygens (including phenoxy) is 1. The summed E-state index contributed by atoms with van der Waals surface area (Å²) in [6.45, 7) is 5.47. The van der Waals surface area contributed by atoms with Gasteiger partial charge in [-0.15, -0.1) is 0 Å². The Balaban J connectivity index is 1.82. The second-order valence-electron chi connectivity index (χ2n) is 6.87. The van der Waals surface area contributed by atoms with Crippen LogP contribution < -0.4 is 10.7 Å². The molecule has 8 heteroatoms. The lowest BCUT2D eigenvalue weighted by molar-refractivity contribution is -0.143. The number of nitrogens with one attached hydrogen (secondary N) is 2. The van der Waals surface area contributed by atoms with Crippen LogP contribution in [0.5, 0.6) is 0 Å². The van der Waals surface area contributed by atoms with Crippen molar-refractivity contribution < 1.29 is 19.1 Å². The summed E-state index contributed by atoms with van der Waals surface area (Å²) in [5.74, 6) is -0.941. The molecule has 0 aliphatic rings. The standard InChI is InChI=1S/C23H24N4O4/c1-4-31-22(29)14-27-15(2)20(19-10-5-6-11-21(19)27)13-24-26-23(30)17-8-7-9-18(12-17)25-16(3)28/h5-13H,4,14H2,1-3H3,(H,25,28)(H,26,30)/b24-13-. The largest absolute Gasteiger partial charge is 0.465 e. The van der Waals surface area contributed by atoms with Crippen molar-refractivity contribution in [1.82, 2.24) is 9.99 Å². The second-order valence-corrected chi connectivity index (χ2v) is 6.87. The SMILES string of the molecule is CCOC(=O)Cn1c(C)c(/C=N\NC(=O)c2cccc(NC(C)=O)c2)c2ccccc21. The molecule has 1 aromatic heterocycles. The lowest BCUT2D eigenvalue weighted by atomic mass is 10.1. The Hall–Kier alpha value is -3.94. The van der Waals surface area contributed by atoms with E-state index in [1.54, 1.807) is 37.4 Å². The highest BCUT2D eigenvalue weighted by atomic mass is 16.5. The van der Waals surface area contributed by atoms with Crippen molar-refractivity contribution in [1.29, 1.82) is 0 Å². The molecule has 160 valence electrons. The zero-order valence-corrected chi connectivity index (χ0v) is 17.6. The average Bonchev–Trinajstić information content (AvgIpc) is 2.99. The van der Waals surface area contributed by atoms with E-state index in [1.807, 2.05) is 35.8 Å². The predicted octanol–water partition coefficient (Wildman–Crippen LogP) is 3.24. The number of fused-ring (bicyclic) bond motifs is 1. The number of carbonyl (C=O) groups is 3. The van der Waals surface area contributed by atoms with E-state index in [0.717, 1.165) is 22.2 Å². The van der Waals surface area contributed by atoms with Gasteiger partial charge < -0.3 is 14.6 Å². The Morgan fingerprint density at radius 2 is 1.90 bits per heavy atom. The summed E-state index contributed by atoms with van der Waals surface area (Å²) in [5, 5.41) is 7.66. The number of esters is 1. The number of anilines is 1. The molecule has 31 heavy (non-hydrogen) atoms. The molecule has 2 amide bonds. The molecule has 0 fully saturated rings. The van der Waals surface area contributed by atoms with Gasteiger partial charge in [-0.1, -0.05) is 24.3 Å². The fourth-order valence-electron chi connectivity index (χ4n) is 3.32. The maximum Gasteiger partial charge on any atom is 0.325 e. The van der Waals surface area contributed by atoms with Gasteiger partial charge in [-0.25, -0.2) is 5.43 Å². The summed E-state index contributed by atoms with van der Waals surface area (Å²) >= 11 is 0. The minimum absolute atomic E-state index is 0.0936. The van der Waals surface area contributed by atoms with Crippen molar-refractivity contribution in [2.24, 2.45) is 5.10 Å². The smallest absolute Gasteiger partial charge is 0.325 e. The van der Waals surface area contributed by atoms with Crippen LogP contribution in [0, 0.1) is 6.92 Å². The first kappa shape index (κ1) is 21.8. The highest BCUT2D eigenvalue weighted by Crippen LogP contribution is 2.24. The van der Waals surface area contributed by atoms with Crippen LogP contribution in [0.2, 0.25) is 0 Å². The fourth-order valence-corrected chi connectivity index (χ4v) is 3.32. The van der Waals surface area contributed by atoms with Gasteiger partial charge in [0.15, 0.2) is 0 Å². The van der Waals surface area contributed by atoms with E-state index in [0.29, 0.717) is 17.9 Å². The Labute approximate surface area is 179 Å². The van der Waals surface area contributed by atoms with E-state index in [2.05, 4.69) is 15.8 Å². The second kappa shape index (κ2) is 9.71. The van der Waals surface area contributed by atoms with Crippen LogP contribution in [0.15, 0.2) is 53.6 Å². The lowest BCUT2D eigenvalue weighted by Gasteiger charge is -2.07. The van der Waals surface area contributed by atoms with Gasteiger partial charge in [-0.2, -0.15) is 5.10 Å². The highest BCUT2D eigenvalue weighted by molar-refractivity contribution is 6.02. The summed E-state index contributed by atoms with van der Waals surface area (Å²) in [4.78, 5) is 35.7. The molecule has 2 N–H and O–H groups in total. The van der Waals surface area contributed by atoms with Crippen LogP contribution in [0.1, 0.15) is 35.5 Å². The van der Waals surface area contributed by atoms with E-state index in [9.17, 15) is 14.4 Å². The zero-order valence-electron chi connectivity index (χ0n) is 17.6. The van der Waals surface area contributed by atoms with E-state index in [-0.39, 0.29) is 18.4 Å². The maximum absolute atomic E-state index is 12.4. The molecule has 0 spiro atoms. The summed E-state index contributed by atoms with van der Waals surface area (Å²) < 4.78 is 6.95. The van der Waals surface area contributed by atoms with Crippen LogP contribution in [-0.2, 0) is 20.9 Å². The van der Waals surface area contributed by atoms with E-state index < -0.39 is 5.91 Å². The monoisotopic (exact) mass is 420 g/mol. The summed E-state index contributed by atoms with van der Waals surface area (Å²) in [7, 11) is 0. The summed E-state index contributed by atoms with van der Waals surface area (Å²) in [6, 6.07) is 14.2. The van der Waals surface area contributed by atoms with Crippen molar-refractivity contribution in [3.05, 3.63) is 65.4 Å². The van der Waals surface area contributed by atoms with Crippen LogP contribution in [0.25, 0.3) is 10.9 Å². The number of hydrogen-bond donors (Lipinski definition) is 2. The number of carbonyl (C=O) groups excluding carboxylic acids is 3. The molecule has 0 saturated carbocycles. The normalized spacial score (nSPS) is 10.9. The van der Waals surface area contributed by atoms with Crippen molar-refractivity contribution in [3.63, 3.8) is 0 Å². The van der Waals surface area contributed by atoms with E-state index >= 15 is 0 Å². The number of para-hydroxylation sites is 1. The van der Waals surface area contributed by atoms with Gasteiger partial charge in [0.2, 0.25) is 5.91 Å². The molecule has 1 heterocycles. The van der Waals surface area contributed by atoms with Gasteiger partial charge in [0.05, 0.1) is 12.8 Å². The minimum Gasteiger partial charge on any atom is -0.465 e. The van der Waals surface area contributed by atoms with Crippen LogP contribution >= 0.6 is 0 Å². The highest BCUT2D eigenvalue weighted by Gasteiger charge is 2.15. The average molecular weight is 420 g/mol. The van der Waals surface area contributed by atoms with Gasteiger partial charge in [0.1, 0.15) is 6.54 Å². The minimum atomic E-state index is -0.406. The first-order valence-corrected chi connectivity index (χ1v) is 9.85. The Morgan fingerprint density at radius 1 is 1.13 bits per heavy atom. The Bertz CT molecular complexity index is 1160. The Kier molecular flexibility index (Phi) is 6.81. The number of hydrazone groups is 1. The van der Waals surface area contributed by atoms with Gasteiger partial charge in [0, 0.05) is 40.3 Å². The fraction of sp³-hybridized carbons (Fsp3) is 0.217. The van der Waals surface area contributed by atoms with Crippen LogP contribution in [0.4, 0.5) is 5.69 Å². The van der Waals surface area contributed by atoms with E-state index in [4.69, 9.17) is 4.74 Å². The molecule has 0 aliphatic carbocycles. The van der Waals surface area contributed by atoms with E-state index in [1.165, 1.54) is 6.92 Å². The number of hydrogen-bond acceptors (Lipinski definition) is 5. The number of nitrogens with zero attached hydrogens (tertiary/aromatic N) is 2. The molecule has 0 bridgehead atoms. The summed E-state index contributed by atoms with van der Waals surface area (Å²) in [5.41, 5.74) is 5.91. The van der Waals surface area contributed by atoms with Crippen LogP contribution in [0.3, 0.4) is 0 Å². The Morgan fingerprint density at radius 3 is 2.65 bits per heavy atom. The topological polar surface area (TPSA) is 102 Å². The van der Waals surface area contributed by atoms with Crippen molar-refractivity contribution >= 4 is 40.6 Å². The lowest BCUT2D eigenvalue weighted by Crippen LogP contribution is -2.18. The first-order valence-electron chi connectivity index (χ1n) is 9.85. The van der Waals surface area contributed by atoms with Gasteiger partial charge in [-0.3, -0.25) is 14.4 Å².